The van der Waals surface area contributed by atoms with Crippen molar-refractivity contribution in [1.82, 2.24) is 9.78 Å². The van der Waals surface area contributed by atoms with Crippen molar-refractivity contribution >= 4 is 22.3 Å². The number of fused-ring (bicyclic) bond motifs is 1. The number of anilines is 2. The molecule has 3 aromatic rings. The number of nitrogens with zero attached hydrogens (tertiary/aromatic N) is 3. The highest BCUT2D eigenvalue weighted by atomic mass is 19.4. The minimum atomic E-state index is -4.43. The third-order valence-electron chi connectivity index (χ3n) is 7.80. The van der Waals surface area contributed by atoms with E-state index >= 15 is 0 Å². The molecule has 0 amide bonds. The van der Waals surface area contributed by atoms with Crippen LogP contribution in [0.2, 0.25) is 0 Å². The summed E-state index contributed by atoms with van der Waals surface area (Å²) in [6.07, 6.45) is -1.04. The van der Waals surface area contributed by atoms with Gasteiger partial charge in [0.2, 0.25) is 0 Å². The minimum Gasteiger partial charge on any atom is -0.378 e. The summed E-state index contributed by atoms with van der Waals surface area (Å²) in [6, 6.07) is 7.87. The van der Waals surface area contributed by atoms with E-state index in [9.17, 15) is 18.0 Å². The average molecular weight is 515 g/mol. The van der Waals surface area contributed by atoms with Crippen LogP contribution >= 0.6 is 0 Å². The van der Waals surface area contributed by atoms with E-state index in [1.54, 1.807) is 6.07 Å². The molecule has 0 unspecified atom stereocenters. The summed E-state index contributed by atoms with van der Waals surface area (Å²) in [6.45, 7) is 8.41. The number of aromatic nitrogens is 2. The molecule has 1 aliphatic heterocycles. The van der Waals surface area contributed by atoms with Gasteiger partial charge in [0.05, 0.1) is 30.2 Å². The van der Waals surface area contributed by atoms with Gasteiger partial charge in [-0.3, -0.25) is 4.79 Å². The first-order chi connectivity index (χ1) is 17.7. The summed E-state index contributed by atoms with van der Waals surface area (Å²) < 4.78 is 47.6. The van der Waals surface area contributed by atoms with Gasteiger partial charge in [0.1, 0.15) is 0 Å². The molecule has 0 spiro atoms. The first-order valence-electron chi connectivity index (χ1n) is 13.0. The van der Waals surface area contributed by atoms with Gasteiger partial charge in [0.15, 0.2) is 5.82 Å². The highest BCUT2D eigenvalue weighted by Gasteiger charge is 2.33. The lowest BCUT2D eigenvalue weighted by Gasteiger charge is -2.35. The van der Waals surface area contributed by atoms with Crippen molar-refractivity contribution in [2.75, 3.05) is 36.5 Å². The molecule has 2 aromatic carbocycles. The molecule has 0 bridgehead atoms. The molecule has 9 heteroatoms. The fourth-order valence-electron chi connectivity index (χ4n) is 5.49. The summed E-state index contributed by atoms with van der Waals surface area (Å²) in [5, 5.41) is 9.24. The van der Waals surface area contributed by atoms with Gasteiger partial charge in [-0.05, 0) is 74.4 Å². The molecule has 2 fully saturated rings. The Morgan fingerprint density at radius 1 is 1.16 bits per heavy atom. The SMILES string of the molecule is CCn1nc(N[C@H](C)c2cccc(C(F)(F)F)c2C)c2cc(N3CCOCC3)c(C3CCC3)cc2c1=O. The Balaban J connectivity index is 1.63. The number of nitrogens with one attached hydrogen (secondary N) is 1. The van der Waals surface area contributed by atoms with Crippen LogP contribution < -0.4 is 15.8 Å². The number of benzene rings is 2. The Hall–Kier alpha value is -3.07. The smallest absolute Gasteiger partial charge is 0.378 e. The third kappa shape index (κ3) is 4.81. The number of alkyl halides is 3. The maximum atomic E-state index is 13.5. The van der Waals surface area contributed by atoms with Crippen molar-refractivity contribution in [2.45, 2.75) is 64.7 Å². The number of hydrogen-bond donors (Lipinski definition) is 1. The molecule has 1 atom stereocenters. The highest BCUT2D eigenvalue weighted by Crippen LogP contribution is 2.43. The van der Waals surface area contributed by atoms with Gasteiger partial charge in [0, 0.05) is 30.7 Å². The molecule has 2 heterocycles. The van der Waals surface area contributed by atoms with E-state index in [2.05, 4.69) is 21.4 Å². The second kappa shape index (κ2) is 10.0. The fraction of sp³-hybridized carbons (Fsp3) is 0.500. The zero-order valence-corrected chi connectivity index (χ0v) is 21.5. The normalized spacial score (nSPS) is 17.6. The van der Waals surface area contributed by atoms with Crippen molar-refractivity contribution in [3.63, 3.8) is 0 Å². The van der Waals surface area contributed by atoms with E-state index in [1.165, 1.54) is 29.7 Å². The van der Waals surface area contributed by atoms with Gasteiger partial charge >= 0.3 is 6.18 Å². The van der Waals surface area contributed by atoms with Crippen LogP contribution in [0.3, 0.4) is 0 Å². The second-order valence-corrected chi connectivity index (χ2v) is 10.0. The van der Waals surface area contributed by atoms with E-state index in [4.69, 9.17) is 4.74 Å². The van der Waals surface area contributed by atoms with E-state index < -0.39 is 17.8 Å². The molecule has 1 saturated carbocycles. The first-order valence-corrected chi connectivity index (χ1v) is 13.0. The maximum Gasteiger partial charge on any atom is 0.416 e. The Labute approximate surface area is 214 Å². The summed E-state index contributed by atoms with van der Waals surface area (Å²) in [5.41, 5.74) is 2.22. The monoisotopic (exact) mass is 514 g/mol. The lowest BCUT2D eigenvalue weighted by atomic mass is 9.78. The van der Waals surface area contributed by atoms with Gasteiger partial charge in [-0.2, -0.15) is 18.3 Å². The Bertz CT molecular complexity index is 1360. The lowest BCUT2D eigenvalue weighted by molar-refractivity contribution is -0.138. The van der Waals surface area contributed by atoms with Gasteiger partial charge in [0.25, 0.3) is 5.56 Å². The van der Waals surface area contributed by atoms with Crippen LogP contribution in [0.4, 0.5) is 24.7 Å². The van der Waals surface area contributed by atoms with E-state index in [0.717, 1.165) is 37.7 Å². The third-order valence-corrected chi connectivity index (χ3v) is 7.80. The van der Waals surface area contributed by atoms with Crippen LogP contribution in [0.15, 0.2) is 35.1 Å². The zero-order valence-electron chi connectivity index (χ0n) is 21.5. The number of hydrogen-bond acceptors (Lipinski definition) is 5. The van der Waals surface area contributed by atoms with Gasteiger partial charge in [-0.15, -0.1) is 0 Å². The maximum absolute atomic E-state index is 13.5. The predicted octanol–water partition coefficient (Wildman–Crippen LogP) is 6.02. The summed E-state index contributed by atoms with van der Waals surface area (Å²) in [7, 11) is 0. The van der Waals surface area contributed by atoms with Crippen molar-refractivity contribution < 1.29 is 17.9 Å². The largest absolute Gasteiger partial charge is 0.416 e. The molecule has 1 aromatic heterocycles. The van der Waals surface area contributed by atoms with Gasteiger partial charge in [-0.25, -0.2) is 4.68 Å². The van der Waals surface area contributed by atoms with Crippen molar-refractivity contribution in [3.05, 3.63) is 62.9 Å². The Kier molecular flexibility index (Phi) is 6.91. The van der Waals surface area contributed by atoms with E-state index in [-0.39, 0.29) is 11.1 Å². The Morgan fingerprint density at radius 3 is 2.51 bits per heavy atom. The molecule has 1 aliphatic carbocycles. The molecule has 0 radical (unpaired) electrons. The molecular formula is C28H33F3N4O2. The lowest BCUT2D eigenvalue weighted by Crippen LogP contribution is -2.37. The van der Waals surface area contributed by atoms with Crippen LogP contribution in [0, 0.1) is 6.92 Å². The topological polar surface area (TPSA) is 59.4 Å². The first kappa shape index (κ1) is 25.6. The molecule has 2 aliphatic rings. The zero-order chi connectivity index (χ0) is 26.3. The van der Waals surface area contributed by atoms with Crippen LogP contribution in [-0.2, 0) is 17.5 Å². The number of halogens is 3. The standard InChI is InChI=1S/C28H33F3N4O2/c1-4-35-27(36)23-15-21(19-7-5-8-19)25(34-11-13-37-14-12-34)16-22(23)26(33-35)32-18(3)20-9-6-10-24(17(20)2)28(29,30)31/h6,9-10,15-16,18-19H,4-5,7-8,11-14H2,1-3H3,(H,32,33)/t18-/m1/s1. The fourth-order valence-corrected chi connectivity index (χ4v) is 5.49. The quantitative estimate of drug-likeness (QED) is 0.436. The van der Waals surface area contributed by atoms with Crippen LogP contribution in [-0.4, -0.2) is 36.1 Å². The predicted molar refractivity (Wildman–Crippen MR) is 140 cm³/mol. The molecular weight excluding hydrogens is 481 g/mol. The number of morpholine rings is 1. The van der Waals surface area contributed by atoms with Gasteiger partial charge in [-0.1, -0.05) is 18.6 Å². The molecule has 5 rings (SSSR count). The minimum absolute atomic E-state index is 0.153. The van der Waals surface area contributed by atoms with Crippen molar-refractivity contribution in [1.29, 1.82) is 0 Å². The van der Waals surface area contributed by atoms with E-state index in [1.807, 2.05) is 19.9 Å². The van der Waals surface area contributed by atoms with Gasteiger partial charge < -0.3 is 15.0 Å². The van der Waals surface area contributed by atoms with Crippen molar-refractivity contribution in [3.8, 4) is 0 Å². The van der Waals surface area contributed by atoms with Crippen molar-refractivity contribution in [2.24, 2.45) is 0 Å². The second-order valence-electron chi connectivity index (χ2n) is 10.0. The van der Waals surface area contributed by atoms with E-state index in [0.29, 0.717) is 47.8 Å². The van der Waals surface area contributed by atoms with Crippen LogP contribution in [0.5, 0.6) is 0 Å². The highest BCUT2D eigenvalue weighted by molar-refractivity contribution is 5.95. The average Bonchev–Trinajstić information content (AvgIpc) is 2.84. The summed E-state index contributed by atoms with van der Waals surface area (Å²) in [5.74, 6) is 0.920. The molecule has 6 nitrogen and oxygen atoms in total. The van der Waals surface area contributed by atoms with Crippen LogP contribution in [0.1, 0.15) is 67.3 Å². The van der Waals surface area contributed by atoms with Crippen LogP contribution in [0.25, 0.3) is 10.8 Å². The number of aryl methyl sites for hydroxylation is 1. The summed E-state index contributed by atoms with van der Waals surface area (Å²) >= 11 is 0. The molecule has 1 N–H and O–H groups in total. The molecule has 198 valence electrons. The number of rotatable bonds is 6. The summed E-state index contributed by atoms with van der Waals surface area (Å²) in [4.78, 5) is 15.7. The number of ether oxygens (including phenoxy) is 1. The molecule has 1 saturated heterocycles. The Morgan fingerprint density at radius 2 is 1.89 bits per heavy atom. The molecule has 37 heavy (non-hydrogen) atoms.